The highest BCUT2D eigenvalue weighted by molar-refractivity contribution is 5.96. The van der Waals surface area contributed by atoms with Crippen molar-refractivity contribution in [1.82, 2.24) is 15.5 Å². The van der Waals surface area contributed by atoms with Gasteiger partial charge in [0.05, 0.1) is 6.54 Å². The molecule has 2 aromatic carbocycles. The number of aliphatic carboxylic acids is 1. The zero-order valence-electron chi connectivity index (χ0n) is 16.9. The number of nitrogens with zero attached hydrogens (tertiary/aromatic N) is 2. The van der Waals surface area contributed by atoms with E-state index in [0.717, 1.165) is 0 Å². The standard InChI is InChI=1S/C21H18N4O8/c26-14-7-1-11(2-8-14)9-15(19(28)29)22-18(27)16-10-25(21(31)32-16)13-5-3-12(4-6-13)17-23-20(30)33-24-17/h1-8,15-16,26H,9-10H2,(H,22,27)(H,28,29)(H,23,24,30)/t15-,16?/m1/s1. The van der Waals surface area contributed by atoms with Gasteiger partial charge in [-0.3, -0.25) is 19.2 Å². The quantitative estimate of drug-likeness (QED) is 0.404. The summed E-state index contributed by atoms with van der Waals surface area (Å²) in [5.41, 5.74) is 1.58. The molecule has 2 heterocycles. The van der Waals surface area contributed by atoms with Gasteiger partial charge in [-0.1, -0.05) is 17.3 Å². The third-order valence-corrected chi connectivity index (χ3v) is 4.99. The highest BCUT2D eigenvalue weighted by atomic mass is 16.6. The minimum absolute atomic E-state index is 0.0165. The molecule has 3 aromatic rings. The van der Waals surface area contributed by atoms with E-state index in [-0.39, 0.29) is 24.5 Å². The number of carboxylic acid groups (broad SMARTS) is 1. The summed E-state index contributed by atoms with van der Waals surface area (Å²) in [6.07, 6.45) is -1.98. The van der Waals surface area contributed by atoms with Gasteiger partial charge in [0.1, 0.15) is 11.8 Å². The van der Waals surface area contributed by atoms with Crippen LogP contribution >= 0.6 is 0 Å². The predicted octanol–water partition coefficient (Wildman–Crippen LogP) is 0.873. The first-order valence-corrected chi connectivity index (χ1v) is 9.76. The van der Waals surface area contributed by atoms with E-state index in [1.807, 2.05) is 0 Å². The fraction of sp³-hybridized carbons (Fsp3) is 0.190. The molecule has 1 aliphatic rings. The molecule has 12 heteroatoms. The van der Waals surface area contributed by atoms with Gasteiger partial charge in [-0.25, -0.2) is 14.4 Å². The number of aromatic nitrogens is 2. The van der Waals surface area contributed by atoms with Gasteiger partial charge >= 0.3 is 17.8 Å². The summed E-state index contributed by atoms with van der Waals surface area (Å²) in [5.74, 6) is -2.43. The van der Waals surface area contributed by atoms with Crippen molar-refractivity contribution in [3.8, 4) is 17.1 Å². The molecule has 0 bridgehead atoms. The molecule has 2 amide bonds. The van der Waals surface area contributed by atoms with Crippen LogP contribution in [0.3, 0.4) is 0 Å². The topological polar surface area (TPSA) is 175 Å². The van der Waals surface area contributed by atoms with Crippen molar-refractivity contribution in [1.29, 1.82) is 0 Å². The molecule has 1 fully saturated rings. The van der Waals surface area contributed by atoms with E-state index >= 15 is 0 Å². The van der Waals surface area contributed by atoms with Gasteiger partial charge in [0.25, 0.3) is 5.91 Å². The summed E-state index contributed by atoms with van der Waals surface area (Å²) in [4.78, 5) is 51.2. The van der Waals surface area contributed by atoms with Gasteiger partial charge in [0.2, 0.25) is 0 Å². The lowest BCUT2D eigenvalue weighted by Gasteiger charge is -2.17. The third kappa shape index (κ3) is 4.84. The number of nitrogens with one attached hydrogen (secondary N) is 2. The Labute approximate surface area is 185 Å². The SMILES string of the molecule is O=C(N[C@H](Cc1ccc(O)cc1)C(=O)O)C1CN(c2ccc(-c3noc(=O)[nH]3)cc2)C(=O)O1. The number of aromatic hydroxyl groups is 1. The van der Waals surface area contributed by atoms with Crippen molar-refractivity contribution in [3.05, 3.63) is 64.6 Å². The van der Waals surface area contributed by atoms with Crippen LogP contribution < -0.4 is 16.0 Å². The fourth-order valence-corrected chi connectivity index (χ4v) is 3.30. The van der Waals surface area contributed by atoms with Crippen molar-refractivity contribution < 1.29 is 33.9 Å². The maximum atomic E-state index is 12.6. The molecule has 170 valence electrons. The van der Waals surface area contributed by atoms with Gasteiger partial charge in [0.15, 0.2) is 11.9 Å². The van der Waals surface area contributed by atoms with Crippen LogP contribution in [0.2, 0.25) is 0 Å². The van der Waals surface area contributed by atoms with Crippen LogP contribution in [0.5, 0.6) is 5.75 Å². The number of rotatable bonds is 7. The maximum absolute atomic E-state index is 12.6. The first-order valence-electron chi connectivity index (χ1n) is 9.76. The number of carbonyl (C=O) groups is 3. The van der Waals surface area contributed by atoms with Crippen LogP contribution in [0.15, 0.2) is 57.8 Å². The van der Waals surface area contributed by atoms with E-state index in [1.165, 1.54) is 17.0 Å². The summed E-state index contributed by atoms with van der Waals surface area (Å²) in [5, 5.41) is 24.8. The monoisotopic (exact) mass is 454 g/mol. The van der Waals surface area contributed by atoms with Gasteiger partial charge in [-0.2, -0.15) is 0 Å². The Bertz CT molecular complexity index is 1230. The molecule has 0 aliphatic carbocycles. The molecule has 1 saturated heterocycles. The van der Waals surface area contributed by atoms with Crippen LogP contribution in [-0.4, -0.2) is 57.0 Å². The van der Waals surface area contributed by atoms with Gasteiger partial charge < -0.3 is 20.3 Å². The lowest BCUT2D eigenvalue weighted by atomic mass is 10.1. The largest absolute Gasteiger partial charge is 0.508 e. The fourth-order valence-electron chi connectivity index (χ4n) is 3.30. The maximum Gasteiger partial charge on any atom is 0.439 e. The molecule has 1 aromatic heterocycles. The smallest absolute Gasteiger partial charge is 0.439 e. The average molecular weight is 454 g/mol. The highest BCUT2D eigenvalue weighted by Gasteiger charge is 2.38. The zero-order chi connectivity index (χ0) is 23.5. The van der Waals surface area contributed by atoms with Crippen molar-refractivity contribution in [2.24, 2.45) is 0 Å². The second-order valence-electron chi connectivity index (χ2n) is 7.24. The Morgan fingerprint density at radius 1 is 1.15 bits per heavy atom. The minimum atomic E-state index is -1.25. The third-order valence-electron chi connectivity index (χ3n) is 4.99. The first-order chi connectivity index (χ1) is 15.8. The summed E-state index contributed by atoms with van der Waals surface area (Å²) in [7, 11) is 0. The van der Waals surface area contributed by atoms with Crippen LogP contribution in [0.25, 0.3) is 11.4 Å². The number of aromatic amines is 1. The van der Waals surface area contributed by atoms with E-state index < -0.39 is 35.9 Å². The number of H-pyrrole nitrogens is 1. The Balaban J connectivity index is 1.41. The zero-order valence-corrected chi connectivity index (χ0v) is 16.9. The van der Waals surface area contributed by atoms with E-state index in [1.54, 1.807) is 36.4 Å². The lowest BCUT2D eigenvalue weighted by molar-refractivity contribution is -0.142. The number of benzene rings is 2. The Morgan fingerprint density at radius 3 is 2.45 bits per heavy atom. The normalized spacial score (nSPS) is 16.3. The molecule has 2 atom stereocenters. The number of ether oxygens (including phenoxy) is 1. The number of hydrogen-bond donors (Lipinski definition) is 4. The van der Waals surface area contributed by atoms with Crippen molar-refractivity contribution in [2.45, 2.75) is 18.6 Å². The van der Waals surface area contributed by atoms with Crippen molar-refractivity contribution >= 4 is 23.7 Å². The number of hydrogen-bond acceptors (Lipinski definition) is 8. The molecular formula is C21H18N4O8. The van der Waals surface area contributed by atoms with Gasteiger partial charge in [0, 0.05) is 17.7 Å². The molecule has 33 heavy (non-hydrogen) atoms. The van der Waals surface area contributed by atoms with Crippen molar-refractivity contribution in [2.75, 3.05) is 11.4 Å². The summed E-state index contributed by atoms with van der Waals surface area (Å²) in [6, 6.07) is 11.0. The average Bonchev–Trinajstić information content (AvgIpc) is 3.40. The molecule has 1 aliphatic heterocycles. The minimum Gasteiger partial charge on any atom is -0.508 e. The Kier molecular flexibility index (Phi) is 5.81. The number of phenols is 1. The van der Waals surface area contributed by atoms with Crippen LogP contribution in [0.4, 0.5) is 10.5 Å². The van der Waals surface area contributed by atoms with E-state index in [2.05, 4.69) is 20.0 Å². The molecule has 1 unspecified atom stereocenters. The van der Waals surface area contributed by atoms with E-state index in [0.29, 0.717) is 16.8 Å². The predicted molar refractivity (Wildman–Crippen MR) is 112 cm³/mol. The second-order valence-corrected chi connectivity index (χ2v) is 7.24. The number of amides is 2. The number of phenolic OH excluding ortho intramolecular Hbond substituents is 1. The molecular weight excluding hydrogens is 436 g/mol. The lowest BCUT2D eigenvalue weighted by Crippen LogP contribution is -2.47. The number of cyclic esters (lactones) is 1. The van der Waals surface area contributed by atoms with Crippen LogP contribution in [-0.2, 0) is 20.7 Å². The number of carbonyl (C=O) groups excluding carboxylic acids is 2. The van der Waals surface area contributed by atoms with Crippen molar-refractivity contribution in [3.63, 3.8) is 0 Å². The van der Waals surface area contributed by atoms with Crippen LogP contribution in [0.1, 0.15) is 5.56 Å². The molecule has 12 nitrogen and oxygen atoms in total. The first kappa shape index (κ1) is 21.6. The molecule has 0 saturated carbocycles. The summed E-state index contributed by atoms with van der Waals surface area (Å²) >= 11 is 0. The molecule has 0 spiro atoms. The molecule has 4 rings (SSSR count). The summed E-state index contributed by atoms with van der Waals surface area (Å²) in [6.45, 7) is -0.115. The summed E-state index contributed by atoms with van der Waals surface area (Å²) < 4.78 is 9.58. The molecule has 0 radical (unpaired) electrons. The van der Waals surface area contributed by atoms with E-state index in [9.17, 15) is 29.4 Å². The van der Waals surface area contributed by atoms with Gasteiger partial charge in [-0.05, 0) is 42.0 Å². The Hall–Kier alpha value is -4.61. The molecule has 4 N–H and O–H groups in total. The van der Waals surface area contributed by atoms with Gasteiger partial charge in [-0.15, -0.1) is 0 Å². The second kappa shape index (κ2) is 8.86. The van der Waals surface area contributed by atoms with E-state index in [4.69, 9.17) is 4.74 Å². The number of anilines is 1. The number of carboxylic acids is 1. The van der Waals surface area contributed by atoms with Crippen LogP contribution in [0, 0.1) is 0 Å². The Morgan fingerprint density at radius 2 is 1.85 bits per heavy atom. The highest BCUT2D eigenvalue weighted by Crippen LogP contribution is 2.24.